The average molecular weight is 241 g/mol. The van der Waals surface area contributed by atoms with Crippen molar-refractivity contribution in [1.82, 2.24) is 4.90 Å². The van der Waals surface area contributed by atoms with E-state index in [2.05, 4.69) is 0 Å². The van der Waals surface area contributed by atoms with Gasteiger partial charge in [0, 0.05) is 6.04 Å². The maximum Gasteiger partial charge on any atom is 0.411 e. The number of carboxylic acid groups (broad SMARTS) is 1. The van der Waals surface area contributed by atoms with Crippen LogP contribution in [0.1, 0.15) is 40.0 Å². The Morgan fingerprint density at radius 1 is 1.29 bits per heavy atom. The van der Waals surface area contributed by atoms with E-state index in [-0.39, 0.29) is 12.0 Å². The molecule has 96 valence electrons. The van der Waals surface area contributed by atoms with E-state index in [1.807, 2.05) is 0 Å². The summed E-state index contributed by atoms with van der Waals surface area (Å²) in [4.78, 5) is 24.7. The van der Waals surface area contributed by atoms with Gasteiger partial charge in [0.05, 0.1) is 0 Å². The van der Waals surface area contributed by atoms with Crippen molar-refractivity contribution in [1.29, 1.82) is 0 Å². The van der Waals surface area contributed by atoms with Gasteiger partial charge < -0.3 is 9.84 Å². The van der Waals surface area contributed by atoms with Crippen LogP contribution >= 0.6 is 0 Å². The van der Waals surface area contributed by atoms with Crippen LogP contribution in [0, 0.1) is 5.92 Å². The van der Waals surface area contributed by atoms with Crippen LogP contribution in [0.15, 0.2) is 0 Å². The van der Waals surface area contributed by atoms with Crippen molar-refractivity contribution in [3.05, 3.63) is 0 Å². The quantitative estimate of drug-likeness (QED) is 0.761. The summed E-state index contributed by atoms with van der Waals surface area (Å²) in [6.45, 7) is 5.36. The van der Waals surface area contributed by atoms with Crippen molar-refractivity contribution in [2.45, 2.75) is 57.7 Å². The molecule has 1 saturated carbocycles. The summed E-state index contributed by atoms with van der Waals surface area (Å²) < 4.78 is 5.28. The highest BCUT2D eigenvalue weighted by Gasteiger charge is 2.52. The molecule has 0 spiro atoms. The van der Waals surface area contributed by atoms with E-state index in [0.717, 1.165) is 19.3 Å². The fraction of sp³-hybridized carbons (Fsp3) is 0.833. The van der Waals surface area contributed by atoms with Crippen LogP contribution in [0.4, 0.5) is 4.79 Å². The Kier molecular flexibility index (Phi) is 2.79. The summed E-state index contributed by atoms with van der Waals surface area (Å²) in [7, 11) is 0. The SMILES string of the molecule is CC(C)(C)OC(=O)N1[C@H]2CC[C@@H](C2)[C@H]1C(=O)O. The van der Waals surface area contributed by atoms with Gasteiger partial charge in [-0.3, -0.25) is 4.90 Å². The first-order chi connectivity index (χ1) is 7.79. The Morgan fingerprint density at radius 3 is 2.47 bits per heavy atom. The number of piperidine rings is 1. The van der Waals surface area contributed by atoms with Crippen LogP contribution in [0.25, 0.3) is 0 Å². The summed E-state index contributed by atoms with van der Waals surface area (Å²) in [5.74, 6) is -0.812. The fourth-order valence-corrected chi connectivity index (χ4v) is 2.88. The summed E-state index contributed by atoms with van der Waals surface area (Å²) in [6, 6.07) is -0.639. The lowest BCUT2D eigenvalue weighted by Crippen LogP contribution is -2.50. The van der Waals surface area contributed by atoms with Crippen LogP contribution in [0.5, 0.6) is 0 Å². The van der Waals surface area contributed by atoms with Crippen molar-refractivity contribution in [2.24, 2.45) is 5.92 Å². The molecule has 2 bridgehead atoms. The number of fused-ring (bicyclic) bond motifs is 2. The highest BCUT2D eigenvalue weighted by Crippen LogP contribution is 2.43. The minimum absolute atomic E-state index is 0.0518. The molecule has 1 N–H and O–H groups in total. The molecule has 3 atom stereocenters. The number of hydrogen-bond donors (Lipinski definition) is 1. The van der Waals surface area contributed by atoms with Crippen molar-refractivity contribution in [3.8, 4) is 0 Å². The molecule has 0 unspecified atom stereocenters. The molecule has 0 aromatic carbocycles. The van der Waals surface area contributed by atoms with Crippen molar-refractivity contribution in [2.75, 3.05) is 0 Å². The predicted molar refractivity (Wildman–Crippen MR) is 60.6 cm³/mol. The monoisotopic (exact) mass is 241 g/mol. The molecule has 2 aliphatic rings. The van der Waals surface area contributed by atoms with E-state index < -0.39 is 23.7 Å². The topological polar surface area (TPSA) is 66.8 Å². The van der Waals surface area contributed by atoms with Gasteiger partial charge in [-0.2, -0.15) is 0 Å². The molecule has 1 aliphatic carbocycles. The summed E-state index contributed by atoms with van der Waals surface area (Å²) in [6.07, 6.45) is 2.11. The van der Waals surface area contributed by atoms with E-state index in [0.29, 0.717) is 0 Å². The zero-order valence-corrected chi connectivity index (χ0v) is 10.5. The number of amides is 1. The molecular weight excluding hydrogens is 222 g/mol. The first kappa shape index (κ1) is 12.2. The van der Waals surface area contributed by atoms with Crippen LogP contribution in [0.3, 0.4) is 0 Å². The third-order valence-electron chi connectivity index (χ3n) is 3.44. The molecule has 1 amide bonds. The van der Waals surface area contributed by atoms with Gasteiger partial charge in [0.2, 0.25) is 0 Å². The number of nitrogens with zero attached hydrogens (tertiary/aromatic N) is 1. The molecule has 1 heterocycles. The first-order valence-corrected chi connectivity index (χ1v) is 6.04. The number of ether oxygens (including phenoxy) is 1. The number of aliphatic carboxylic acids is 1. The van der Waals surface area contributed by atoms with E-state index >= 15 is 0 Å². The molecule has 5 heteroatoms. The van der Waals surface area contributed by atoms with Crippen molar-refractivity contribution >= 4 is 12.1 Å². The molecule has 0 aromatic heterocycles. The predicted octanol–water partition coefficient (Wildman–Crippen LogP) is 1.86. The Hall–Kier alpha value is -1.26. The molecule has 2 rings (SSSR count). The average Bonchev–Trinajstić information content (AvgIpc) is 2.72. The summed E-state index contributed by atoms with van der Waals surface area (Å²) in [5, 5.41) is 9.20. The maximum atomic E-state index is 12.0. The number of carboxylic acids is 1. The van der Waals surface area contributed by atoms with Crippen molar-refractivity contribution in [3.63, 3.8) is 0 Å². The normalized spacial score (nSPS) is 31.7. The largest absolute Gasteiger partial charge is 0.480 e. The van der Waals surface area contributed by atoms with Crippen LogP contribution in [-0.2, 0) is 9.53 Å². The number of carbonyl (C=O) groups is 2. The van der Waals surface area contributed by atoms with Gasteiger partial charge in [-0.25, -0.2) is 9.59 Å². The second-order valence-corrected chi connectivity index (χ2v) is 5.90. The molecule has 2 fully saturated rings. The van der Waals surface area contributed by atoms with E-state index in [4.69, 9.17) is 4.74 Å². The van der Waals surface area contributed by atoms with Crippen molar-refractivity contribution < 1.29 is 19.4 Å². The zero-order chi connectivity index (χ0) is 12.8. The fourth-order valence-electron chi connectivity index (χ4n) is 2.88. The van der Waals surface area contributed by atoms with Gasteiger partial charge in [-0.15, -0.1) is 0 Å². The third kappa shape index (κ3) is 2.23. The lowest BCUT2D eigenvalue weighted by Gasteiger charge is -2.34. The number of hydrogen-bond acceptors (Lipinski definition) is 3. The number of rotatable bonds is 1. The molecule has 0 aromatic rings. The Balaban J connectivity index is 2.14. The Bertz CT molecular complexity index is 347. The van der Waals surface area contributed by atoms with E-state index in [1.54, 1.807) is 20.8 Å². The summed E-state index contributed by atoms with van der Waals surface area (Å²) in [5.41, 5.74) is -0.581. The second-order valence-electron chi connectivity index (χ2n) is 5.90. The molecule has 17 heavy (non-hydrogen) atoms. The third-order valence-corrected chi connectivity index (χ3v) is 3.44. The van der Waals surface area contributed by atoms with E-state index in [1.165, 1.54) is 4.90 Å². The smallest absolute Gasteiger partial charge is 0.411 e. The van der Waals surface area contributed by atoms with Crippen LogP contribution in [-0.4, -0.2) is 39.8 Å². The standard InChI is InChI=1S/C12H19NO4/c1-12(2,3)17-11(16)13-8-5-4-7(6-8)9(13)10(14)15/h7-9H,4-6H2,1-3H3,(H,14,15)/t7-,8-,9-/m0/s1. The Morgan fingerprint density at radius 2 is 1.94 bits per heavy atom. The van der Waals surface area contributed by atoms with E-state index in [9.17, 15) is 14.7 Å². The second kappa shape index (κ2) is 3.89. The first-order valence-electron chi connectivity index (χ1n) is 6.04. The molecule has 1 saturated heterocycles. The zero-order valence-electron chi connectivity index (χ0n) is 10.5. The van der Waals surface area contributed by atoms with Gasteiger partial charge in [-0.1, -0.05) is 0 Å². The minimum Gasteiger partial charge on any atom is -0.480 e. The minimum atomic E-state index is -0.914. The molecule has 1 aliphatic heterocycles. The lowest BCUT2D eigenvalue weighted by atomic mass is 9.99. The van der Waals surface area contributed by atoms with Gasteiger partial charge in [0.25, 0.3) is 0 Å². The van der Waals surface area contributed by atoms with Crippen LogP contribution < -0.4 is 0 Å². The highest BCUT2D eigenvalue weighted by molar-refractivity contribution is 5.82. The Labute approximate surface area is 101 Å². The van der Waals surface area contributed by atoms with Gasteiger partial charge in [-0.05, 0) is 46.0 Å². The highest BCUT2D eigenvalue weighted by atomic mass is 16.6. The lowest BCUT2D eigenvalue weighted by molar-refractivity contribution is -0.144. The van der Waals surface area contributed by atoms with Gasteiger partial charge >= 0.3 is 12.1 Å². The number of carbonyl (C=O) groups excluding carboxylic acids is 1. The number of likely N-dealkylation sites (tertiary alicyclic amines) is 1. The van der Waals surface area contributed by atoms with Gasteiger partial charge in [0.1, 0.15) is 11.6 Å². The molecular formula is C12H19NO4. The summed E-state index contributed by atoms with van der Waals surface area (Å²) >= 11 is 0. The van der Waals surface area contributed by atoms with Crippen LogP contribution in [0.2, 0.25) is 0 Å². The molecule has 5 nitrogen and oxygen atoms in total. The maximum absolute atomic E-state index is 12.0. The van der Waals surface area contributed by atoms with Gasteiger partial charge in [0.15, 0.2) is 0 Å². The molecule has 0 radical (unpaired) electrons.